The van der Waals surface area contributed by atoms with E-state index in [0.717, 1.165) is 48.9 Å². The molecule has 1 aromatic carbocycles. The van der Waals surface area contributed by atoms with Crippen molar-refractivity contribution in [3.63, 3.8) is 0 Å². The van der Waals surface area contributed by atoms with Crippen LogP contribution in [0.1, 0.15) is 43.4 Å². The van der Waals surface area contributed by atoms with Crippen LogP contribution in [-0.4, -0.2) is 28.3 Å². The lowest BCUT2D eigenvalue weighted by atomic mass is 9.85. The summed E-state index contributed by atoms with van der Waals surface area (Å²) < 4.78 is 5.46. The zero-order valence-electron chi connectivity index (χ0n) is 14.8. The molecule has 3 N–H and O–H groups in total. The number of amides is 2. The molecule has 0 aliphatic heterocycles. The molecule has 2 aromatic rings. The number of nitrogens with zero attached hydrogens (tertiary/aromatic N) is 1. The predicted molar refractivity (Wildman–Crippen MR) is 96.5 cm³/mol. The van der Waals surface area contributed by atoms with E-state index in [9.17, 15) is 9.90 Å². The second-order valence-corrected chi connectivity index (χ2v) is 6.92. The molecule has 1 fully saturated rings. The van der Waals surface area contributed by atoms with Crippen molar-refractivity contribution in [2.24, 2.45) is 0 Å². The molecule has 0 saturated heterocycles. The molecule has 6 nitrogen and oxygen atoms in total. The summed E-state index contributed by atoms with van der Waals surface area (Å²) >= 11 is 0. The summed E-state index contributed by atoms with van der Waals surface area (Å²) in [5.41, 5.74) is 2.56. The van der Waals surface area contributed by atoms with Crippen LogP contribution in [0.5, 0.6) is 0 Å². The van der Waals surface area contributed by atoms with Gasteiger partial charge in [0.2, 0.25) is 5.89 Å². The Kier molecular flexibility index (Phi) is 5.08. The lowest BCUT2D eigenvalue weighted by Crippen LogP contribution is -2.45. The van der Waals surface area contributed by atoms with Gasteiger partial charge in [-0.1, -0.05) is 25.3 Å². The number of hydrogen-bond donors (Lipinski definition) is 3. The quantitative estimate of drug-likeness (QED) is 0.788. The average molecular weight is 343 g/mol. The zero-order valence-corrected chi connectivity index (χ0v) is 14.8. The van der Waals surface area contributed by atoms with Gasteiger partial charge in [-0.05, 0) is 44.4 Å². The second-order valence-electron chi connectivity index (χ2n) is 6.92. The Labute approximate surface area is 147 Å². The first-order chi connectivity index (χ1) is 12.0. The Hall–Kier alpha value is -2.34. The van der Waals surface area contributed by atoms with Gasteiger partial charge in [-0.15, -0.1) is 0 Å². The lowest BCUT2D eigenvalue weighted by Gasteiger charge is -2.32. The van der Waals surface area contributed by atoms with Crippen molar-refractivity contribution in [2.75, 3.05) is 11.9 Å². The third kappa shape index (κ3) is 4.39. The van der Waals surface area contributed by atoms with Crippen LogP contribution in [0.15, 0.2) is 28.9 Å². The lowest BCUT2D eigenvalue weighted by molar-refractivity contribution is 0.00755. The molecular weight excluding hydrogens is 318 g/mol. The van der Waals surface area contributed by atoms with Crippen molar-refractivity contribution in [2.45, 2.75) is 51.6 Å². The number of aryl methyl sites for hydroxylation is 2. The molecule has 134 valence electrons. The summed E-state index contributed by atoms with van der Waals surface area (Å²) in [6, 6.07) is 5.27. The minimum absolute atomic E-state index is 0.274. The smallest absolute Gasteiger partial charge is 0.319 e. The molecule has 1 heterocycles. The Morgan fingerprint density at radius 3 is 2.72 bits per heavy atom. The minimum Gasteiger partial charge on any atom is -0.444 e. The van der Waals surface area contributed by atoms with Crippen LogP contribution in [0.3, 0.4) is 0 Å². The average Bonchev–Trinajstić information content (AvgIpc) is 3.02. The summed E-state index contributed by atoms with van der Waals surface area (Å²) in [5, 5.41) is 16.0. The topological polar surface area (TPSA) is 87.4 Å². The molecule has 25 heavy (non-hydrogen) atoms. The molecule has 0 bridgehead atoms. The van der Waals surface area contributed by atoms with Gasteiger partial charge in [0.25, 0.3) is 0 Å². The number of aliphatic hydroxyl groups is 1. The highest BCUT2D eigenvalue weighted by Gasteiger charge is 2.29. The Bertz CT molecular complexity index is 748. The monoisotopic (exact) mass is 343 g/mol. The van der Waals surface area contributed by atoms with Gasteiger partial charge in [-0.3, -0.25) is 0 Å². The first-order valence-corrected chi connectivity index (χ1v) is 8.76. The number of benzene rings is 1. The summed E-state index contributed by atoms with van der Waals surface area (Å²) in [7, 11) is 0. The second kappa shape index (κ2) is 7.27. The Morgan fingerprint density at radius 2 is 2.04 bits per heavy atom. The SMILES string of the molecule is Cc1coc(-c2cc(NC(=O)NCC3(O)CCCCC3)ccc2C)n1. The first kappa shape index (κ1) is 17.5. The minimum atomic E-state index is -0.774. The standard InChI is InChI=1S/C19H25N3O3/c1-13-6-7-15(10-16(13)17-21-14(2)11-25-17)22-18(23)20-12-19(24)8-4-3-5-9-19/h6-7,10-11,24H,3-5,8-9,12H2,1-2H3,(H2,20,22,23). The van der Waals surface area contributed by atoms with Gasteiger partial charge in [-0.2, -0.15) is 0 Å². The summed E-state index contributed by atoms with van der Waals surface area (Å²) in [5.74, 6) is 0.538. The highest BCUT2D eigenvalue weighted by atomic mass is 16.3. The number of aromatic nitrogens is 1. The highest BCUT2D eigenvalue weighted by molar-refractivity contribution is 5.90. The molecule has 0 atom stereocenters. The van der Waals surface area contributed by atoms with E-state index in [-0.39, 0.29) is 12.6 Å². The van der Waals surface area contributed by atoms with Gasteiger partial charge < -0.3 is 20.2 Å². The maximum Gasteiger partial charge on any atom is 0.319 e. The molecular formula is C19H25N3O3. The number of rotatable bonds is 4. The van der Waals surface area contributed by atoms with Gasteiger partial charge in [0.15, 0.2) is 0 Å². The van der Waals surface area contributed by atoms with Crippen molar-refractivity contribution in [1.82, 2.24) is 10.3 Å². The Morgan fingerprint density at radius 1 is 1.28 bits per heavy atom. The maximum atomic E-state index is 12.2. The normalized spacial score (nSPS) is 16.4. The molecule has 1 aliphatic carbocycles. The van der Waals surface area contributed by atoms with E-state index in [2.05, 4.69) is 15.6 Å². The van der Waals surface area contributed by atoms with Gasteiger partial charge in [-0.25, -0.2) is 9.78 Å². The third-order valence-electron chi connectivity index (χ3n) is 4.71. The van der Waals surface area contributed by atoms with Crippen LogP contribution >= 0.6 is 0 Å². The van der Waals surface area contributed by atoms with Crippen molar-refractivity contribution < 1.29 is 14.3 Å². The van der Waals surface area contributed by atoms with Crippen LogP contribution in [-0.2, 0) is 0 Å². The highest BCUT2D eigenvalue weighted by Crippen LogP contribution is 2.28. The largest absolute Gasteiger partial charge is 0.444 e. The number of hydrogen-bond acceptors (Lipinski definition) is 4. The fraction of sp³-hybridized carbons (Fsp3) is 0.474. The fourth-order valence-corrected chi connectivity index (χ4v) is 3.21. The molecule has 1 saturated carbocycles. The summed E-state index contributed by atoms with van der Waals surface area (Å²) in [4.78, 5) is 16.5. The predicted octanol–water partition coefficient (Wildman–Crippen LogP) is 3.78. The van der Waals surface area contributed by atoms with E-state index in [0.29, 0.717) is 11.6 Å². The summed E-state index contributed by atoms with van der Waals surface area (Å²) in [6.07, 6.45) is 6.26. The number of oxazole rings is 1. The zero-order chi connectivity index (χ0) is 17.9. The van der Waals surface area contributed by atoms with Gasteiger partial charge in [0.1, 0.15) is 6.26 Å². The van der Waals surface area contributed by atoms with E-state index in [1.807, 2.05) is 32.0 Å². The van der Waals surface area contributed by atoms with Gasteiger partial charge in [0.05, 0.1) is 11.3 Å². The van der Waals surface area contributed by atoms with Gasteiger partial charge in [0, 0.05) is 17.8 Å². The number of nitrogens with one attached hydrogen (secondary N) is 2. The molecule has 3 rings (SSSR count). The van der Waals surface area contributed by atoms with E-state index >= 15 is 0 Å². The maximum absolute atomic E-state index is 12.2. The van der Waals surface area contributed by atoms with Gasteiger partial charge >= 0.3 is 6.03 Å². The van der Waals surface area contributed by atoms with Crippen molar-refractivity contribution in [3.05, 3.63) is 35.7 Å². The molecule has 0 unspecified atom stereocenters. The molecule has 2 amide bonds. The van der Waals surface area contributed by atoms with Crippen LogP contribution in [0, 0.1) is 13.8 Å². The van der Waals surface area contributed by atoms with Crippen LogP contribution in [0.25, 0.3) is 11.5 Å². The number of anilines is 1. The molecule has 0 radical (unpaired) electrons. The van der Waals surface area contributed by atoms with Crippen molar-refractivity contribution in [3.8, 4) is 11.5 Å². The fourth-order valence-electron chi connectivity index (χ4n) is 3.21. The van der Waals surface area contributed by atoms with E-state index < -0.39 is 5.60 Å². The van der Waals surface area contributed by atoms with Crippen LogP contribution < -0.4 is 10.6 Å². The molecule has 6 heteroatoms. The third-order valence-corrected chi connectivity index (χ3v) is 4.71. The first-order valence-electron chi connectivity index (χ1n) is 8.76. The molecule has 1 aliphatic rings. The van der Waals surface area contributed by atoms with Crippen molar-refractivity contribution >= 4 is 11.7 Å². The van der Waals surface area contributed by atoms with Crippen LogP contribution in [0.4, 0.5) is 10.5 Å². The van der Waals surface area contributed by atoms with E-state index in [4.69, 9.17) is 4.42 Å². The molecule has 1 aromatic heterocycles. The van der Waals surface area contributed by atoms with E-state index in [1.165, 1.54) is 0 Å². The number of urea groups is 1. The van der Waals surface area contributed by atoms with Crippen LogP contribution in [0.2, 0.25) is 0 Å². The van der Waals surface area contributed by atoms with E-state index in [1.54, 1.807) is 6.26 Å². The number of carbonyl (C=O) groups is 1. The Balaban J connectivity index is 1.63. The summed E-state index contributed by atoms with van der Waals surface area (Å²) in [6.45, 7) is 4.11. The number of carbonyl (C=O) groups excluding carboxylic acids is 1. The van der Waals surface area contributed by atoms with Crippen molar-refractivity contribution in [1.29, 1.82) is 0 Å². The molecule has 0 spiro atoms.